The molecule has 0 aromatic heterocycles. The number of aliphatic hydroxyl groups excluding tert-OH is 1. The molecule has 3 aliphatic rings. The van der Waals surface area contributed by atoms with Gasteiger partial charge in [0.1, 0.15) is 5.76 Å². The van der Waals surface area contributed by atoms with Crippen LogP contribution in [0.15, 0.2) is 59.0 Å². The number of piperidine rings is 1. The average Bonchev–Trinajstić information content (AvgIpc) is 3.35. The number of carbonyl (C=O) groups is 3. The molecule has 3 heterocycles. The zero-order valence-electron chi connectivity index (χ0n) is 23.7. The van der Waals surface area contributed by atoms with Gasteiger partial charge in [0.25, 0.3) is 17.6 Å². The van der Waals surface area contributed by atoms with Gasteiger partial charge in [0, 0.05) is 43.9 Å². The Morgan fingerprint density at radius 3 is 2.37 bits per heavy atom. The number of likely N-dealkylation sites (N-methyl/N-ethyl adjacent to an activating group) is 1. The summed E-state index contributed by atoms with van der Waals surface area (Å²) in [5.74, 6) is -2.93. The Morgan fingerprint density at radius 2 is 1.68 bits per heavy atom. The second-order valence-electron chi connectivity index (χ2n) is 11.0. The lowest BCUT2D eigenvalue weighted by Gasteiger charge is -2.35. The highest BCUT2D eigenvalue weighted by Gasteiger charge is 2.66. The van der Waals surface area contributed by atoms with Gasteiger partial charge >= 0.3 is 0 Å². The van der Waals surface area contributed by atoms with Crippen LogP contribution in [0.5, 0.6) is 0 Å². The third-order valence-electron chi connectivity index (χ3n) is 8.09. The summed E-state index contributed by atoms with van der Waals surface area (Å²) in [6.07, 6.45) is 3.14. The number of carbonyl (C=O) groups excluding carboxylic acids is 3. The number of aliphatic hydroxyl groups is 1. The molecule has 41 heavy (non-hydrogen) atoms. The summed E-state index contributed by atoms with van der Waals surface area (Å²) in [5, 5.41) is 11.8. The Morgan fingerprint density at radius 1 is 0.976 bits per heavy atom. The first-order valence-corrected chi connectivity index (χ1v) is 15.5. The Balaban J connectivity index is 1.72. The van der Waals surface area contributed by atoms with E-state index in [2.05, 4.69) is 0 Å². The summed E-state index contributed by atoms with van der Waals surface area (Å²) in [7, 11) is -0.192. The molecule has 11 heteroatoms. The van der Waals surface area contributed by atoms with Gasteiger partial charge in [-0.3, -0.25) is 14.4 Å². The Bertz CT molecular complexity index is 1530. The number of para-hydroxylation sites is 1. The van der Waals surface area contributed by atoms with Crippen molar-refractivity contribution < 1.29 is 27.9 Å². The molecular formula is C30H36N4O6S. The summed E-state index contributed by atoms with van der Waals surface area (Å²) in [6.45, 7) is 3.56. The summed E-state index contributed by atoms with van der Waals surface area (Å²) < 4.78 is 28.3. The molecule has 2 aromatic carbocycles. The van der Waals surface area contributed by atoms with Gasteiger partial charge < -0.3 is 19.8 Å². The van der Waals surface area contributed by atoms with Gasteiger partial charge in [0.2, 0.25) is 10.0 Å². The van der Waals surface area contributed by atoms with Crippen molar-refractivity contribution >= 4 is 39.1 Å². The number of Topliss-reactive ketones (excluding diaryl/α,β-unsaturated/α-hetero) is 1. The molecule has 1 N–H and O–H groups in total. The molecule has 0 saturated carbocycles. The lowest BCUT2D eigenvalue weighted by Crippen LogP contribution is -2.53. The molecule has 0 aliphatic carbocycles. The standard InChI is InChI=1S/C30H36N4O6S/c1-4-15-33-24-14-7-6-13-23(24)30(29(33)38)25(27(36)28(37)34(30)19-18-31(2)3)26(35)21-11-10-12-22(20-21)41(39,40)32-16-8-5-9-17-32/h6-7,10-14,20,35H,4-5,8-9,15-19H2,1-3H3. The smallest absolute Gasteiger partial charge is 0.296 e. The normalized spacial score (nSPS) is 22.8. The summed E-state index contributed by atoms with van der Waals surface area (Å²) in [4.78, 5) is 46.5. The van der Waals surface area contributed by atoms with Crippen molar-refractivity contribution in [2.24, 2.45) is 0 Å². The SMILES string of the molecule is CCCN1C(=O)C2(C(=C(O)c3cccc(S(=O)(=O)N4CCCCC4)c3)C(=O)C(=O)N2CCN(C)C)c2ccccc21. The van der Waals surface area contributed by atoms with Crippen LogP contribution in [0.4, 0.5) is 5.69 Å². The summed E-state index contributed by atoms with van der Waals surface area (Å²) in [5.41, 5.74) is -1.16. The predicted octanol–water partition coefficient (Wildman–Crippen LogP) is 2.76. The van der Waals surface area contributed by atoms with Crippen LogP contribution in [0.2, 0.25) is 0 Å². The summed E-state index contributed by atoms with van der Waals surface area (Å²) in [6, 6.07) is 12.8. The van der Waals surface area contributed by atoms with Gasteiger partial charge in [-0.25, -0.2) is 8.42 Å². The Hall–Kier alpha value is -3.54. The van der Waals surface area contributed by atoms with Gasteiger partial charge in [0.15, 0.2) is 5.54 Å². The van der Waals surface area contributed by atoms with E-state index in [9.17, 15) is 27.9 Å². The third-order valence-corrected chi connectivity index (χ3v) is 9.98. The van der Waals surface area contributed by atoms with Crippen LogP contribution in [0.1, 0.15) is 43.7 Å². The van der Waals surface area contributed by atoms with Crippen molar-refractivity contribution in [3.05, 3.63) is 65.2 Å². The first kappa shape index (κ1) is 29.0. The maximum atomic E-state index is 14.4. The zero-order valence-corrected chi connectivity index (χ0v) is 24.5. The quantitative estimate of drug-likeness (QED) is 0.290. The lowest BCUT2D eigenvalue weighted by atomic mass is 9.82. The first-order chi connectivity index (χ1) is 19.6. The van der Waals surface area contributed by atoms with Gasteiger partial charge in [-0.05, 0) is 51.6 Å². The van der Waals surface area contributed by atoms with Crippen molar-refractivity contribution in [2.45, 2.75) is 43.0 Å². The van der Waals surface area contributed by atoms with E-state index in [0.29, 0.717) is 43.9 Å². The fraction of sp³-hybridized carbons (Fsp3) is 0.433. The van der Waals surface area contributed by atoms with Gasteiger partial charge in [-0.1, -0.05) is 43.7 Å². The van der Waals surface area contributed by atoms with Crippen molar-refractivity contribution in [2.75, 3.05) is 51.7 Å². The minimum atomic E-state index is -3.84. The molecule has 0 radical (unpaired) electrons. The van der Waals surface area contributed by atoms with Crippen molar-refractivity contribution in [3.63, 3.8) is 0 Å². The average molecular weight is 581 g/mol. The fourth-order valence-corrected chi connectivity index (χ4v) is 7.68. The molecule has 1 spiro atoms. The number of rotatable bonds is 8. The lowest BCUT2D eigenvalue weighted by molar-refractivity contribution is -0.143. The van der Waals surface area contributed by atoms with Crippen LogP contribution >= 0.6 is 0 Å². The number of ketones is 1. The minimum Gasteiger partial charge on any atom is -0.507 e. The minimum absolute atomic E-state index is 0.0231. The molecule has 5 rings (SSSR count). The number of hydrogen-bond donors (Lipinski definition) is 1. The van der Waals surface area contributed by atoms with Crippen LogP contribution in [-0.4, -0.2) is 92.0 Å². The number of nitrogens with zero attached hydrogens (tertiary/aromatic N) is 4. The van der Waals surface area contributed by atoms with Crippen LogP contribution in [0.25, 0.3) is 5.76 Å². The maximum Gasteiger partial charge on any atom is 0.296 e. The molecule has 1 unspecified atom stereocenters. The summed E-state index contributed by atoms with van der Waals surface area (Å²) >= 11 is 0. The van der Waals surface area contributed by atoms with E-state index in [1.165, 1.54) is 33.5 Å². The molecular weight excluding hydrogens is 544 g/mol. The third kappa shape index (κ3) is 4.56. The van der Waals surface area contributed by atoms with Crippen LogP contribution in [0, 0.1) is 0 Å². The van der Waals surface area contributed by atoms with E-state index in [1.807, 2.05) is 25.9 Å². The van der Waals surface area contributed by atoms with Crippen LogP contribution in [-0.2, 0) is 29.9 Å². The Kier molecular flexibility index (Phi) is 7.80. The molecule has 3 aliphatic heterocycles. The van der Waals surface area contributed by atoms with Crippen molar-refractivity contribution in [1.29, 1.82) is 0 Å². The van der Waals surface area contributed by atoms with E-state index in [0.717, 1.165) is 19.3 Å². The molecule has 218 valence electrons. The van der Waals surface area contributed by atoms with Gasteiger partial charge in [-0.15, -0.1) is 0 Å². The van der Waals surface area contributed by atoms with Crippen molar-refractivity contribution in [3.8, 4) is 0 Å². The number of amides is 2. The van der Waals surface area contributed by atoms with E-state index in [1.54, 1.807) is 29.2 Å². The van der Waals surface area contributed by atoms with Gasteiger partial charge in [-0.2, -0.15) is 4.31 Å². The maximum absolute atomic E-state index is 14.4. The first-order valence-electron chi connectivity index (χ1n) is 14.0. The number of fused-ring (bicyclic) bond motifs is 2. The van der Waals surface area contributed by atoms with E-state index < -0.39 is 38.9 Å². The van der Waals surface area contributed by atoms with E-state index in [4.69, 9.17) is 0 Å². The molecule has 2 fully saturated rings. The van der Waals surface area contributed by atoms with Crippen LogP contribution < -0.4 is 4.90 Å². The monoisotopic (exact) mass is 580 g/mol. The highest BCUT2D eigenvalue weighted by molar-refractivity contribution is 7.89. The van der Waals surface area contributed by atoms with E-state index >= 15 is 0 Å². The Labute approximate surface area is 240 Å². The fourth-order valence-electron chi connectivity index (χ4n) is 6.11. The topological polar surface area (TPSA) is 119 Å². The largest absolute Gasteiger partial charge is 0.507 e. The number of benzene rings is 2. The molecule has 0 bridgehead atoms. The number of anilines is 1. The number of sulfonamides is 1. The highest BCUT2D eigenvalue weighted by atomic mass is 32.2. The molecule has 10 nitrogen and oxygen atoms in total. The van der Waals surface area contributed by atoms with Crippen molar-refractivity contribution in [1.82, 2.24) is 14.1 Å². The van der Waals surface area contributed by atoms with Gasteiger partial charge in [0.05, 0.1) is 16.2 Å². The molecule has 2 amide bonds. The molecule has 2 aromatic rings. The second-order valence-corrected chi connectivity index (χ2v) is 12.9. The predicted molar refractivity (Wildman–Crippen MR) is 155 cm³/mol. The highest BCUT2D eigenvalue weighted by Crippen LogP contribution is 2.53. The zero-order chi connectivity index (χ0) is 29.5. The van der Waals surface area contributed by atoms with E-state index in [-0.39, 0.29) is 22.6 Å². The number of hydrogen-bond acceptors (Lipinski definition) is 7. The second kappa shape index (κ2) is 11.0. The molecule has 1 atom stereocenters. The van der Waals surface area contributed by atoms with Crippen LogP contribution in [0.3, 0.4) is 0 Å². The molecule has 2 saturated heterocycles. The number of likely N-dealkylation sites (tertiary alicyclic amines) is 1.